The van der Waals surface area contributed by atoms with Gasteiger partial charge in [0, 0.05) is 6.20 Å². The minimum absolute atomic E-state index is 0.110. The first-order valence-corrected chi connectivity index (χ1v) is 5.67. The molecule has 3 N–H and O–H groups in total. The highest BCUT2D eigenvalue weighted by atomic mass is 16.3. The summed E-state index contributed by atoms with van der Waals surface area (Å²) in [5.41, 5.74) is 1.82. The van der Waals surface area contributed by atoms with Crippen LogP contribution in [0.2, 0.25) is 0 Å². The number of allylic oxidation sites excluding steroid dienone is 1. The van der Waals surface area contributed by atoms with Crippen LogP contribution in [0, 0.1) is 11.3 Å². The van der Waals surface area contributed by atoms with Crippen LogP contribution in [0.15, 0.2) is 24.4 Å². The van der Waals surface area contributed by atoms with Crippen molar-refractivity contribution in [3.63, 3.8) is 0 Å². The van der Waals surface area contributed by atoms with Crippen molar-refractivity contribution >= 4 is 11.3 Å². The molecule has 0 amide bonds. The fourth-order valence-electron chi connectivity index (χ4n) is 1.49. The van der Waals surface area contributed by atoms with Crippen molar-refractivity contribution in [2.75, 3.05) is 5.32 Å². The van der Waals surface area contributed by atoms with Crippen molar-refractivity contribution in [2.24, 2.45) is 0 Å². The molecule has 2 rings (SSSR count). The van der Waals surface area contributed by atoms with Crippen molar-refractivity contribution in [3.05, 3.63) is 35.8 Å². The fraction of sp³-hybridized carbons (Fsp3) is 0.167. The number of aryl methyl sites for hydroxylation is 1. The van der Waals surface area contributed by atoms with Crippen LogP contribution in [-0.4, -0.2) is 25.7 Å². The first kappa shape index (κ1) is 12.6. The van der Waals surface area contributed by atoms with Gasteiger partial charge in [0.05, 0.1) is 5.69 Å². The van der Waals surface area contributed by atoms with Crippen LogP contribution in [0.4, 0.5) is 5.69 Å². The van der Waals surface area contributed by atoms with Crippen LogP contribution in [-0.2, 0) is 6.42 Å². The number of anilines is 1. The number of phenolic OH excluding ortho intramolecular Hbond substituents is 1. The Kier molecular flexibility index (Phi) is 3.73. The van der Waals surface area contributed by atoms with Gasteiger partial charge in [0.15, 0.2) is 0 Å². The number of H-pyrrole nitrogens is 1. The predicted octanol–water partition coefficient (Wildman–Crippen LogP) is 1.44. The number of benzene rings is 1. The third-order valence-corrected chi connectivity index (χ3v) is 2.55. The molecule has 1 aromatic carbocycles. The Labute approximate surface area is 109 Å². The molecule has 0 aliphatic carbocycles. The summed E-state index contributed by atoms with van der Waals surface area (Å²) in [7, 11) is 0. The summed E-state index contributed by atoms with van der Waals surface area (Å²) in [5.74, 6) is 0.306. The lowest BCUT2D eigenvalue weighted by Gasteiger charge is -2.06. The largest absolute Gasteiger partial charge is 0.506 e. The predicted molar refractivity (Wildman–Crippen MR) is 68.9 cm³/mol. The highest BCUT2D eigenvalue weighted by Gasteiger charge is 2.06. The Morgan fingerprint density at radius 1 is 1.58 bits per heavy atom. The Bertz CT molecular complexity index is 626. The molecule has 7 heteroatoms. The zero-order chi connectivity index (χ0) is 13.7. The van der Waals surface area contributed by atoms with Gasteiger partial charge < -0.3 is 10.4 Å². The molecule has 7 nitrogen and oxygen atoms in total. The molecule has 0 aliphatic heterocycles. The number of aromatic nitrogens is 4. The lowest BCUT2D eigenvalue weighted by Crippen LogP contribution is -1.94. The molecule has 19 heavy (non-hydrogen) atoms. The molecule has 2 aromatic rings. The van der Waals surface area contributed by atoms with Gasteiger partial charge in [0.25, 0.3) is 0 Å². The number of hydrogen-bond donors (Lipinski definition) is 3. The average Bonchev–Trinajstić information content (AvgIpc) is 2.95. The van der Waals surface area contributed by atoms with Crippen LogP contribution >= 0.6 is 0 Å². The Balaban J connectivity index is 2.24. The number of hydrogen-bond acceptors (Lipinski definition) is 6. The zero-order valence-electron chi connectivity index (χ0n) is 10.3. The average molecular weight is 256 g/mol. The highest BCUT2D eigenvalue weighted by Crippen LogP contribution is 2.25. The van der Waals surface area contributed by atoms with Gasteiger partial charge in [-0.25, -0.2) is 0 Å². The molecule has 0 unspecified atom stereocenters. The summed E-state index contributed by atoms with van der Waals surface area (Å²) < 4.78 is 0. The summed E-state index contributed by atoms with van der Waals surface area (Å²) in [6, 6.07) is 7.22. The molecule has 0 aliphatic rings. The number of rotatable bonds is 4. The number of aromatic amines is 1. The first-order valence-electron chi connectivity index (χ1n) is 5.67. The minimum Gasteiger partial charge on any atom is -0.506 e. The Hall–Kier alpha value is -2.88. The molecule has 0 spiro atoms. The lowest BCUT2D eigenvalue weighted by molar-refractivity contribution is 0.477. The standard InChI is InChI=1S/C12H12N6O/c1-2-8-3-4-11(19)10(5-8)14-7-9(6-13)12-15-17-18-16-12/h3-5,7,14,19H,2H2,1H3,(H,15,16,17,18). The highest BCUT2D eigenvalue weighted by molar-refractivity contribution is 5.74. The van der Waals surface area contributed by atoms with E-state index in [4.69, 9.17) is 5.26 Å². The van der Waals surface area contributed by atoms with E-state index in [1.165, 1.54) is 6.20 Å². The normalized spacial score (nSPS) is 11.1. The first-order chi connectivity index (χ1) is 9.24. The van der Waals surface area contributed by atoms with Crippen LogP contribution in [0.3, 0.4) is 0 Å². The number of nitrogens with one attached hydrogen (secondary N) is 2. The molecule has 0 atom stereocenters. The fourth-order valence-corrected chi connectivity index (χ4v) is 1.49. The smallest absolute Gasteiger partial charge is 0.216 e. The molecule has 1 heterocycles. The number of tetrazole rings is 1. The van der Waals surface area contributed by atoms with E-state index in [-0.39, 0.29) is 17.1 Å². The second-order valence-corrected chi connectivity index (χ2v) is 3.75. The number of nitrogens with zero attached hydrogens (tertiary/aromatic N) is 4. The van der Waals surface area contributed by atoms with E-state index in [0.717, 1.165) is 12.0 Å². The van der Waals surface area contributed by atoms with Gasteiger partial charge in [0.2, 0.25) is 5.82 Å². The zero-order valence-corrected chi connectivity index (χ0v) is 10.3. The van der Waals surface area contributed by atoms with Crippen molar-refractivity contribution in [1.82, 2.24) is 20.6 Å². The van der Waals surface area contributed by atoms with Gasteiger partial charge in [-0.05, 0) is 29.3 Å². The molecular weight excluding hydrogens is 244 g/mol. The molecule has 0 saturated heterocycles. The molecule has 96 valence electrons. The summed E-state index contributed by atoms with van der Waals surface area (Å²) in [6.07, 6.45) is 2.29. The van der Waals surface area contributed by atoms with E-state index < -0.39 is 0 Å². The summed E-state index contributed by atoms with van der Waals surface area (Å²) >= 11 is 0. The second kappa shape index (κ2) is 5.64. The van der Waals surface area contributed by atoms with Crippen molar-refractivity contribution in [2.45, 2.75) is 13.3 Å². The number of aromatic hydroxyl groups is 1. The maximum atomic E-state index is 9.72. The molecular formula is C12H12N6O. The Morgan fingerprint density at radius 2 is 2.42 bits per heavy atom. The van der Waals surface area contributed by atoms with Gasteiger partial charge >= 0.3 is 0 Å². The van der Waals surface area contributed by atoms with Crippen LogP contribution in [0.5, 0.6) is 5.75 Å². The minimum atomic E-state index is 0.110. The van der Waals surface area contributed by atoms with Crippen LogP contribution in [0.1, 0.15) is 18.3 Å². The topological polar surface area (TPSA) is 111 Å². The number of phenols is 1. The van der Waals surface area contributed by atoms with Gasteiger partial charge in [0.1, 0.15) is 17.4 Å². The van der Waals surface area contributed by atoms with Gasteiger partial charge in [-0.15, -0.1) is 10.2 Å². The molecule has 0 fully saturated rings. The van der Waals surface area contributed by atoms with Crippen molar-refractivity contribution in [3.8, 4) is 11.8 Å². The van der Waals surface area contributed by atoms with E-state index in [2.05, 4.69) is 25.9 Å². The maximum absolute atomic E-state index is 9.72. The monoisotopic (exact) mass is 256 g/mol. The van der Waals surface area contributed by atoms with E-state index >= 15 is 0 Å². The van der Waals surface area contributed by atoms with E-state index in [9.17, 15) is 5.11 Å². The Morgan fingerprint density at radius 3 is 3.05 bits per heavy atom. The summed E-state index contributed by atoms with van der Waals surface area (Å²) in [5, 5.41) is 34.7. The number of nitriles is 1. The van der Waals surface area contributed by atoms with E-state index in [0.29, 0.717) is 5.69 Å². The van der Waals surface area contributed by atoms with E-state index in [1.54, 1.807) is 6.07 Å². The lowest BCUT2D eigenvalue weighted by atomic mass is 10.1. The van der Waals surface area contributed by atoms with Gasteiger partial charge in [-0.2, -0.15) is 10.5 Å². The van der Waals surface area contributed by atoms with Gasteiger partial charge in [-0.1, -0.05) is 13.0 Å². The SMILES string of the molecule is CCc1ccc(O)c(NC=C(C#N)c2nn[nH]n2)c1. The van der Waals surface area contributed by atoms with Crippen molar-refractivity contribution < 1.29 is 5.11 Å². The van der Waals surface area contributed by atoms with Crippen LogP contribution in [0.25, 0.3) is 5.57 Å². The third-order valence-electron chi connectivity index (χ3n) is 2.55. The van der Waals surface area contributed by atoms with Crippen molar-refractivity contribution in [1.29, 1.82) is 5.26 Å². The van der Waals surface area contributed by atoms with Gasteiger partial charge in [-0.3, -0.25) is 0 Å². The second-order valence-electron chi connectivity index (χ2n) is 3.75. The molecule has 0 saturated carbocycles. The quantitative estimate of drug-likeness (QED) is 0.564. The summed E-state index contributed by atoms with van der Waals surface area (Å²) in [6.45, 7) is 2.02. The molecule has 1 aromatic heterocycles. The third kappa shape index (κ3) is 2.87. The maximum Gasteiger partial charge on any atom is 0.216 e. The molecule has 0 radical (unpaired) electrons. The van der Waals surface area contributed by atoms with E-state index in [1.807, 2.05) is 25.1 Å². The molecule has 0 bridgehead atoms. The van der Waals surface area contributed by atoms with Crippen LogP contribution < -0.4 is 5.32 Å². The summed E-state index contributed by atoms with van der Waals surface area (Å²) in [4.78, 5) is 0.